The number of hydrogen-bond acceptors (Lipinski definition) is 5. The van der Waals surface area contributed by atoms with Crippen molar-refractivity contribution in [2.75, 3.05) is 0 Å². The zero-order valence-corrected chi connectivity index (χ0v) is 14.8. The van der Waals surface area contributed by atoms with Crippen molar-refractivity contribution < 1.29 is 14.3 Å². The van der Waals surface area contributed by atoms with Crippen LogP contribution >= 0.6 is 0 Å². The molecular formula is C20H19N3O4. The number of fused-ring (bicyclic) bond motifs is 1. The smallest absolute Gasteiger partial charge is 0.308 e. The van der Waals surface area contributed by atoms with Gasteiger partial charge in [-0.1, -0.05) is 42.5 Å². The van der Waals surface area contributed by atoms with Gasteiger partial charge in [-0.25, -0.2) is 4.98 Å². The third kappa shape index (κ3) is 4.03. The Morgan fingerprint density at radius 3 is 2.59 bits per heavy atom. The van der Waals surface area contributed by atoms with E-state index in [2.05, 4.69) is 4.98 Å². The summed E-state index contributed by atoms with van der Waals surface area (Å²) in [6.07, 6.45) is 0.163. The van der Waals surface area contributed by atoms with Crippen LogP contribution in [0, 0.1) is 6.92 Å². The average Bonchev–Trinajstić information content (AvgIpc) is 2.66. The largest absolute Gasteiger partial charge is 0.447 e. The molecule has 27 heavy (non-hydrogen) atoms. The van der Waals surface area contributed by atoms with E-state index in [4.69, 9.17) is 10.5 Å². The van der Waals surface area contributed by atoms with Crippen LogP contribution in [0.25, 0.3) is 10.9 Å². The van der Waals surface area contributed by atoms with Gasteiger partial charge in [-0.15, -0.1) is 0 Å². The summed E-state index contributed by atoms with van der Waals surface area (Å²) in [4.78, 5) is 40.6. The number of para-hydroxylation sites is 1. The summed E-state index contributed by atoms with van der Waals surface area (Å²) in [5.74, 6) is -1.38. The van der Waals surface area contributed by atoms with Gasteiger partial charge >= 0.3 is 5.97 Å². The summed E-state index contributed by atoms with van der Waals surface area (Å²) in [5.41, 5.74) is 7.16. The van der Waals surface area contributed by atoms with Gasteiger partial charge in [0.2, 0.25) is 6.10 Å². The van der Waals surface area contributed by atoms with Crippen LogP contribution in [0.2, 0.25) is 0 Å². The van der Waals surface area contributed by atoms with E-state index in [0.717, 1.165) is 5.56 Å². The van der Waals surface area contributed by atoms with Gasteiger partial charge in [0.15, 0.2) is 0 Å². The minimum absolute atomic E-state index is 0.0878. The third-order valence-electron chi connectivity index (χ3n) is 4.22. The third-order valence-corrected chi connectivity index (χ3v) is 4.22. The van der Waals surface area contributed by atoms with Crippen LogP contribution in [0.1, 0.15) is 23.7 Å². The predicted octanol–water partition coefficient (Wildman–Crippen LogP) is 1.86. The fourth-order valence-corrected chi connectivity index (χ4v) is 2.82. The second-order valence-electron chi connectivity index (χ2n) is 6.15. The molecule has 2 aromatic carbocycles. The molecule has 0 saturated heterocycles. The maximum Gasteiger partial charge on any atom is 0.308 e. The van der Waals surface area contributed by atoms with E-state index < -0.39 is 18.0 Å². The molecule has 0 radical (unpaired) electrons. The van der Waals surface area contributed by atoms with Gasteiger partial charge in [0.1, 0.15) is 0 Å². The molecule has 0 saturated carbocycles. The Morgan fingerprint density at radius 2 is 1.89 bits per heavy atom. The Labute approximate surface area is 155 Å². The second-order valence-corrected chi connectivity index (χ2v) is 6.15. The van der Waals surface area contributed by atoms with Crippen molar-refractivity contribution in [1.29, 1.82) is 0 Å². The number of ether oxygens (including phenoxy) is 1. The number of amides is 1. The number of carbonyl (C=O) groups excluding carboxylic acids is 2. The highest BCUT2D eigenvalue weighted by atomic mass is 16.5. The number of aryl methyl sites for hydroxylation is 2. The number of benzene rings is 2. The van der Waals surface area contributed by atoms with Gasteiger partial charge < -0.3 is 10.5 Å². The summed E-state index contributed by atoms with van der Waals surface area (Å²) in [5, 5.41) is 0.491. The SMILES string of the molecule is Cc1cccc2c(=O)n(CCC(=O)O[C@@H](C(N)=O)c3ccccc3)cnc12. The van der Waals surface area contributed by atoms with Crippen LogP contribution in [0.5, 0.6) is 0 Å². The maximum absolute atomic E-state index is 12.5. The number of nitrogens with two attached hydrogens (primary N) is 1. The van der Waals surface area contributed by atoms with E-state index in [1.165, 1.54) is 10.9 Å². The van der Waals surface area contributed by atoms with Gasteiger partial charge in [-0.3, -0.25) is 19.0 Å². The summed E-state index contributed by atoms with van der Waals surface area (Å²) in [6, 6.07) is 13.9. The Balaban J connectivity index is 1.72. The summed E-state index contributed by atoms with van der Waals surface area (Å²) in [7, 11) is 0. The first-order valence-corrected chi connectivity index (χ1v) is 8.46. The van der Waals surface area contributed by atoms with Crippen molar-refractivity contribution in [3.05, 3.63) is 76.3 Å². The highest BCUT2D eigenvalue weighted by Crippen LogP contribution is 2.17. The minimum Gasteiger partial charge on any atom is -0.447 e. The van der Waals surface area contributed by atoms with Crippen LogP contribution in [-0.4, -0.2) is 21.4 Å². The summed E-state index contributed by atoms with van der Waals surface area (Å²) < 4.78 is 6.57. The van der Waals surface area contributed by atoms with Gasteiger partial charge in [0.05, 0.1) is 23.7 Å². The zero-order valence-electron chi connectivity index (χ0n) is 14.8. The Kier molecular flexibility index (Phi) is 5.30. The first kappa shape index (κ1) is 18.3. The lowest BCUT2D eigenvalue weighted by Crippen LogP contribution is -2.27. The predicted molar refractivity (Wildman–Crippen MR) is 99.8 cm³/mol. The lowest BCUT2D eigenvalue weighted by atomic mass is 10.1. The molecule has 7 nitrogen and oxygen atoms in total. The minimum atomic E-state index is -1.16. The van der Waals surface area contributed by atoms with E-state index in [0.29, 0.717) is 16.5 Å². The molecule has 0 fully saturated rings. The summed E-state index contributed by atoms with van der Waals surface area (Å²) >= 11 is 0. The van der Waals surface area contributed by atoms with E-state index in [1.54, 1.807) is 42.5 Å². The van der Waals surface area contributed by atoms with Crippen molar-refractivity contribution >= 4 is 22.8 Å². The fourth-order valence-electron chi connectivity index (χ4n) is 2.82. The molecule has 1 atom stereocenters. The van der Waals surface area contributed by atoms with E-state index in [1.807, 2.05) is 13.0 Å². The second kappa shape index (κ2) is 7.82. The fraction of sp³-hybridized carbons (Fsp3) is 0.200. The molecule has 0 aliphatic rings. The van der Waals surface area contributed by atoms with Crippen molar-refractivity contribution in [2.24, 2.45) is 5.73 Å². The van der Waals surface area contributed by atoms with Crippen LogP contribution < -0.4 is 11.3 Å². The van der Waals surface area contributed by atoms with Gasteiger partial charge in [-0.05, 0) is 18.6 Å². The van der Waals surface area contributed by atoms with Crippen LogP contribution in [0.3, 0.4) is 0 Å². The number of rotatable bonds is 6. The van der Waals surface area contributed by atoms with Crippen molar-refractivity contribution in [3.8, 4) is 0 Å². The van der Waals surface area contributed by atoms with Gasteiger partial charge in [0, 0.05) is 12.1 Å². The average molecular weight is 365 g/mol. The lowest BCUT2D eigenvalue weighted by molar-refractivity contribution is -0.155. The molecule has 2 N–H and O–H groups in total. The number of aromatic nitrogens is 2. The number of carbonyl (C=O) groups is 2. The Bertz CT molecular complexity index is 1040. The monoisotopic (exact) mass is 365 g/mol. The normalized spacial score (nSPS) is 11.9. The maximum atomic E-state index is 12.5. The number of esters is 1. The highest BCUT2D eigenvalue weighted by molar-refractivity contribution is 5.83. The molecule has 1 aromatic heterocycles. The Hall–Kier alpha value is -3.48. The molecule has 0 bridgehead atoms. The molecule has 1 amide bonds. The zero-order chi connectivity index (χ0) is 19.4. The molecule has 0 aliphatic heterocycles. The van der Waals surface area contributed by atoms with Crippen molar-refractivity contribution in [3.63, 3.8) is 0 Å². The lowest BCUT2D eigenvalue weighted by Gasteiger charge is -2.15. The summed E-state index contributed by atoms with van der Waals surface area (Å²) in [6.45, 7) is 1.97. The topological polar surface area (TPSA) is 104 Å². The first-order valence-electron chi connectivity index (χ1n) is 8.46. The Morgan fingerprint density at radius 1 is 1.15 bits per heavy atom. The standard InChI is InChI=1S/C20H19N3O4/c1-13-6-5-9-15-17(13)22-12-23(20(15)26)11-10-16(24)27-18(19(21)25)14-7-3-2-4-8-14/h2-9,12,18H,10-11H2,1H3,(H2,21,25)/t18-/m1/s1. The van der Waals surface area contributed by atoms with Gasteiger partial charge in [-0.2, -0.15) is 0 Å². The molecule has 3 aromatic rings. The van der Waals surface area contributed by atoms with E-state index >= 15 is 0 Å². The number of hydrogen-bond donors (Lipinski definition) is 1. The van der Waals surface area contributed by atoms with E-state index in [-0.39, 0.29) is 18.5 Å². The molecule has 0 aliphatic carbocycles. The molecular weight excluding hydrogens is 346 g/mol. The van der Waals surface area contributed by atoms with Crippen LogP contribution in [0.15, 0.2) is 59.7 Å². The molecule has 1 heterocycles. The number of primary amides is 1. The first-order chi connectivity index (χ1) is 13.0. The van der Waals surface area contributed by atoms with Crippen LogP contribution in [0.4, 0.5) is 0 Å². The van der Waals surface area contributed by atoms with Crippen molar-refractivity contribution in [2.45, 2.75) is 26.0 Å². The molecule has 7 heteroatoms. The molecule has 138 valence electrons. The van der Waals surface area contributed by atoms with Crippen molar-refractivity contribution in [1.82, 2.24) is 9.55 Å². The quantitative estimate of drug-likeness (QED) is 0.672. The van der Waals surface area contributed by atoms with E-state index in [9.17, 15) is 14.4 Å². The highest BCUT2D eigenvalue weighted by Gasteiger charge is 2.22. The number of nitrogens with zero attached hydrogens (tertiary/aromatic N) is 2. The molecule has 0 spiro atoms. The van der Waals surface area contributed by atoms with Gasteiger partial charge in [0.25, 0.3) is 11.5 Å². The molecule has 3 rings (SSSR count). The molecule has 0 unspecified atom stereocenters. The van der Waals surface area contributed by atoms with Crippen LogP contribution in [-0.2, 0) is 20.9 Å².